The van der Waals surface area contributed by atoms with Gasteiger partial charge >= 0.3 is 5.97 Å². The van der Waals surface area contributed by atoms with Gasteiger partial charge in [-0.3, -0.25) is 0 Å². The number of carboxylic acids is 1. The zero-order chi connectivity index (χ0) is 15.6. The van der Waals surface area contributed by atoms with E-state index in [1.165, 1.54) is 18.3 Å². The van der Waals surface area contributed by atoms with Crippen LogP contribution in [0.25, 0.3) is 0 Å². The number of carboxylic acid groups (broad SMARTS) is 1. The number of hydrogen-bond donors (Lipinski definition) is 2. The molecule has 21 heavy (non-hydrogen) atoms. The molecular formula is C15H16FN3O2. The normalized spacial score (nSPS) is 12.0. The highest BCUT2D eigenvalue weighted by molar-refractivity contribution is 5.96. The van der Waals surface area contributed by atoms with Gasteiger partial charge in [0.2, 0.25) is 0 Å². The Labute approximate surface area is 121 Å². The number of pyridine rings is 1. The van der Waals surface area contributed by atoms with E-state index in [9.17, 15) is 9.18 Å². The number of benzene rings is 1. The summed E-state index contributed by atoms with van der Waals surface area (Å²) >= 11 is 0. The van der Waals surface area contributed by atoms with Crippen LogP contribution in [0.1, 0.15) is 28.9 Å². The second-order valence-electron chi connectivity index (χ2n) is 4.71. The minimum absolute atomic E-state index is 0.0208. The second-order valence-corrected chi connectivity index (χ2v) is 4.71. The molecule has 110 valence electrons. The molecule has 0 aliphatic heterocycles. The maximum Gasteiger partial charge on any atom is 0.337 e. The van der Waals surface area contributed by atoms with Crippen molar-refractivity contribution < 1.29 is 14.3 Å². The molecule has 0 bridgehead atoms. The van der Waals surface area contributed by atoms with Crippen LogP contribution in [0.5, 0.6) is 0 Å². The lowest BCUT2D eigenvalue weighted by Gasteiger charge is -2.28. The molecule has 0 amide bonds. The summed E-state index contributed by atoms with van der Waals surface area (Å²) in [6.45, 7) is 1.80. The van der Waals surface area contributed by atoms with Gasteiger partial charge < -0.3 is 15.7 Å². The largest absolute Gasteiger partial charge is 0.478 e. The van der Waals surface area contributed by atoms with Crippen LogP contribution in [-0.4, -0.2) is 23.1 Å². The first-order valence-corrected chi connectivity index (χ1v) is 6.38. The smallest absolute Gasteiger partial charge is 0.337 e. The van der Waals surface area contributed by atoms with Crippen molar-refractivity contribution in [1.29, 1.82) is 0 Å². The van der Waals surface area contributed by atoms with Crippen molar-refractivity contribution in [2.45, 2.75) is 13.0 Å². The average molecular weight is 289 g/mol. The van der Waals surface area contributed by atoms with Gasteiger partial charge in [0.1, 0.15) is 5.82 Å². The zero-order valence-corrected chi connectivity index (χ0v) is 11.7. The fourth-order valence-corrected chi connectivity index (χ4v) is 2.14. The fourth-order valence-electron chi connectivity index (χ4n) is 2.14. The Morgan fingerprint density at radius 1 is 1.38 bits per heavy atom. The Kier molecular flexibility index (Phi) is 4.07. The first kappa shape index (κ1) is 14.8. The number of aromatic nitrogens is 1. The third kappa shape index (κ3) is 2.79. The number of halogens is 1. The zero-order valence-electron chi connectivity index (χ0n) is 11.7. The van der Waals surface area contributed by atoms with Crippen molar-refractivity contribution >= 4 is 17.5 Å². The molecular weight excluding hydrogens is 273 g/mol. The topological polar surface area (TPSA) is 79.5 Å². The fraction of sp³-hybridized carbons (Fsp3) is 0.200. The SMILES string of the molecule is CC(c1ccccc1F)N(C)c1nccc(C(=O)O)c1N. The van der Waals surface area contributed by atoms with E-state index < -0.39 is 5.97 Å². The molecule has 0 fully saturated rings. The molecule has 1 aromatic carbocycles. The number of aromatic carboxylic acids is 1. The lowest BCUT2D eigenvalue weighted by molar-refractivity contribution is 0.0698. The summed E-state index contributed by atoms with van der Waals surface area (Å²) in [7, 11) is 1.70. The minimum atomic E-state index is -1.12. The van der Waals surface area contributed by atoms with E-state index in [1.54, 1.807) is 37.1 Å². The summed E-state index contributed by atoms with van der Waals surface area (Å²) in [6, 6.07) is 7.40. The third-order valence-electron chi connectivity index (χ3n) is 3.47. The molecule has 5 nitrogen and oxygen atoms in total. The van der Waals surface area contributed by atoms with Gasteiger partial charge in [0, 0.05) is 18.8 Å². The highest BCUT2D eigenvalue weighted by atomic mass is 19.1. The maximum absolute atomic E-state index is 13.9. The maximum atomic E-state index is 13.9. The van der Waals surface area contributed by atoms with E-state index in [1.807, 2.05) is 0 Å². The minimum Gasteiger partial charge on any atom is -0.478 e. The van der Waals surface area contributed by atoms with E-state index in [4.69, 9.17) is 10.8 Å². The van der Waals surface area contributed by atoms with Crippen LogP contribution in [0.15, 0.2) is 36.5 Å². The Hall–Kier alpha value is -2.63. The molecule has 0 saturated heterocycles. The van der Waals surface area contributed by atoms with E-state index in [2.05, 4.69) is 4.98 Å². The molecule has 2 aromatic rings. The number of anilines is 2. The van der Waals surface area contributed by atoms with E-state index >= 15 is 0 Å². The molecule has 0 aliphatic rings. The molecule has 2 rings (SSSR count). The van der Waals surface area contributed by atoms with Crippen molar-refractivity contribution in [3.8, 4) is 0 Å². The van der Waals surface area contributed by atoms with Gasteiger partial charge in [0.25, 0.3) is 0 Å². The van der Waals surface area contributed by atoms with Crippen LogP contribution in [0.3, 0.4) is 0 Å². The molecule has 0 aliphatic carbocycles. The Morgan fingerprint density at radius 3 is 2.67 bits per heavy atom. The van der Waals surface area contributed by atoms with Gasteiger partial charge in [-0.1, -0.05) is 18.2 Å². The molecule has 1 unspecified atom stereocenters. The molecule has 0 saturated carbocycles. The summed E-state index contributed by atoms with van der Waals surface area (Å²) in [6.07, 6.45) is 1.37. The summed E-state index contributed by atoms with van der Waals surface area (Å²) in [5, 5.41) is 9.09. The van der Waals surface area contributed by atoms with Crippen LogP contribution >= 0.6 is 0 Å². The van der Waals surface area contributed by atoms with Crippen LogP contribution < -0.4 is 10.6 Å². The van der Waals surface area contributed by atoms with Gasteiger partial charge in [-0.15, -0.1) is 0 Å². The number of rotatable bonds is 4. The van der Waals surface area contributed by atoms with Crippen LogP contribution in [0.4, 0.5) is 15.9 Å². The molecule has 0 radical (unpaired) electrons. The van der Waals surface area contributed by atoms with Crippen LogP contribution in [-0.2, 0) is 0 Å². The summed E-state index contributed by atoms with van der Waals surface area (Å²) < 4.78 is 13.9. The lowest BCUT2D eigenvalue weighted by Crippen LogP contribution is -2.25. The van der Waals surface area contributed by atoms with Gasteiger partial charge in [-0.25, -0.2) is 14.2 Å². The lowest BCUT2D eigenvalue weighted by atomic mass is 10.1. The van der Waals surface area contributed by atoms with Gasteiger partial charge in [0.15, 0.2) is 5.82 Å². The molecule has 0 spiro atoms. The third-order valence-corrected chi connectivity index (χ3v) is 3.47. The molecule has 3 N–H and O–H groups in total. The van der Waals surface area contributed by atoms with Crippen molar-refractivity contribution in [1.82, 2.24) is 4.98 Å². The monoisotopic (exact) mass is 289 g/mol. The Morgan fingerprint density at radius 2 is 2.05 bits per heavy atom. The van der Waals surface area contributed by atoms with Crippen molar-refractivity contribution in [2.75, 3.05) is 17.7 Å². The highest BCUT2D eigenvalue weighted by Gasteiger charge is 2.21. The number of nitrogens with zero attached hydrogens (tertiary/aromatic N) is 2. The molecule has 1 atom stereocenters. The number of hydrogen-bond acceptors (Lipinski definition) is 4. The summed E-state index contributed by atoms with van der Waals surface area (Å²) in [5.41, 5.74) is 6.39. The predicted molar refractivity (Wildman–Crippen MR) is 78.8 cm³/mol. The number of carbonyl (C=O) groups is 1. The van der Waals surface area contributed by atoms with Crippen molar-refractivity contribution in [2.24, 2.45) is 0 Å². The van der Waals surface area contributed by atoms with Gasteiger partial charge in [-0.05, 0) is 19.1 Å². The Balaban J connectivity index is 2.41. The van der Waals surface area contributed by atoms with Crippen LogP contribution in [0.2, 0.25) is 0 Å². The molecule has 6 heteroatoms. The first-order chi connectivity index (χ1) is 9.93. The number of nitrogens with two attached hydrogens (primary N) is 1. The molecule has 1 heterocycles. The van der Waals surface area contributed by atoms with Crippen molar-refractivity contribution in [3.63, 3.8) is 0 Å². The quantitative estimate of drug-likeness (QED) is 0.904. The predicted octanol–water partition coefficient (Wildman–Crippen LogP) is 2.70. The standard InChI is InChI=1S/C15H16FN3O2/c1-9(10-5-3-4-6-12(10)16)19(2)14-13(17)11(15(20)21)7-8-18-14/h3-9H,17H2,1-2H3,(H,20,21). The summed E-state index contributed by atoms with van der Waals surface area (Å²) in [4.78, 5) is 16.9. The van der Waals surface area contributed by atoms with Gasteiger partial charge in [0.05, 0.1) is 17.3 Å². The Bertz CT molecular complexity index is 676. The summed E-state index contributed by atoms with van der Waals surface area (Å²) in [5.74, 6) is -1.14. The van der Waals surface area contributed by atoms with Gasteiger partial charge in [-0.2, -0.15) is 0 Å². The van der Waals surface area contributed by atoms with E-state index in [-0.39, 0.29) is 23.1 Å². The van der Waals surface area contributed by atoms with E-state index in [0.29, 0.717) is 11.4 Å². The molecule has 1 aromatic heterocycles. The highest BCUT2D eigenvalue weighted by Crippen LogP contribution is 2.30. The first-order valence-electron chi connectivity index (χ1n) is 6.38. The average Bonchev–Trinajstić information content (AvgIpc) is 2.46. The number of nitrogen functional groups attached to an aromatic ring is 1. The van der Waals surface area contributed by atoms with E-state index in [0.717, 1.165) is 0 Å². The van der Waals surface area contributed by atoms with Crippen LogP contribution in [0, 0.1) is 5.82 Å². The van der Waals surface area contributed by atoms with Crippen molar-refractivity contribution in [3.05, 3.63) is 53.5 Å². The second kappa shape index (κ2) is 5.78.